The summed E-state index contributed by atoms with van der Waals surface area (Å²) in [7, 11) is 0. The third-order valence-electron chi connectivity index (χ3n) is 2.39. The summed E-state index contributed by atoms with van der Waals surface area (Å²) in [5.74, 6) is -0.631. The Balaban J connectivity index is 2.06. The van der Waals surface area contributed by atoms with Crippen LogP contribution in [0.4, 0.5) is 0 Å². The summed E-state index contributed by atoms with van der Waals surface area (Å²) in [5.41, 5.74) is 1.06. The first-order chi connectivity index (χ1) is 8.66. The van der Waals surface area contributed by atoms with Crippen molar-refractivity contribution in [1.29, 1.82) is 0 Å². The molecule has 1 N–H and O–H groups in total. The molecule has 92 valence electrons. The highest BCUT2D eigenvalue weighted by atomic mass is 79.9. The molecule has 0 saturated carbocycles. The van der Waals surface area contributed by atoms with Gasteiger partial charge in [0.25, 0.3) is 0 Å². The number of hydrogen-bond donors (Lipinski definition) is 1. The second-order valence-corrected chi connectivity index (χ2v) is 4.64. The molecule has 0 aliphatic heterocycles. The molecular weight excluding hydrogens is 296 g/mol. The number of carbonyl (C=O) groups excluding carboxylic acids is 1. The topological polar surface area (TPSA) is 46.5 Å². The minimum absolute atomic E-state index is 0.0868. The van der Waals surface area contributed by atoms with Gasteiger partial charge in [-0.3, -0.25) is 0 Å². The van der Waals surface area contributed by atoms with Crippen molar-refractivity contribution in [2.24, 2.45) is 0 Å². The number of carbonyl (C=O) groups is 1. The van der Waals surface area contributed by atoms with Crippen LogP contribution in [-0.2, 0) is 11.3 Å². The summed E-state index contributed by atoms with van der Waals surface area (Å²) in [4.78, 5) is 11.8. The Morgan fingerprint density at radius 1 is 1.17 bits per heavy atom. The molecule has 0 atom stereocenters. The largest absolute Gasteiger partial charge is 0.507 e. The fraction of sp³-hybridized carbons (Fsp3) is 0.0714. The first-order valence-corrected chi connectivity index (χ1v) is 6.15. The summed E-state index contributed by atoms with van der Waals surface area (Å²) in [5, 5.41) is 9.58. The van der Waals surface area contributed by atoms with Crippen LogP contribution < -0.4 is 0 Å². The lowest BCUT2D eigenvalue weighted by Gasteiger charge is -2.06. The van der Waals surface area contributed by atoms with Crippen LogP contribution >= 0.6 is 15.9 Å². The Labute approximate surface area is 113 Å². The molecule has 3 nitrogen and oxygen atoms in total. The monoisotopic (exact) mass is 306 g/mol. The normalized spacial score (nSPS) is 10.1. The van der Waals surface area contributed by atoms with E-state index in [4.69, 9.17) is 4.74 Å². The van der Waals surface area contributed by atoms with Crippen molar-refractivity contribution < 1.29 is 14.6 Å². The molecule has 0 amide bonds. The third kappa shape index (κ3) is 3.11. The molecule has 0 saturated heterocycles. The van der Waals surface area contributed by atoms with Crippen LogP contribution in [0.2, 0.25) is 0 Å². The Bertz CT molecular complexity index is 552. The van der Waals surface area contributed by atoms with E-state index in [1.165, 1.54) is 12.1 Å². The van der Waals surface area contributed by atoms with Gasteiger partial charge in [-0.1, -0.05) is 46.3 Å². The lowest BCUT2D eigenvalue weighted by molar-refractivity contribution is 0.0469. The number of halogens is 1. The second-order valence-electron chi connectivity index (χ2n) is 3.72. The van der Waals surface area contributed by atoms with E-state index in [9.17, 15) is 9.90 Å². The van der Waals surface area contributed by atoms with Crippen molar-refractivity contribution in [2.45, 2.75) is 6.61 Å². The van der Waals surface area contributed by atoms with Gasteiger partial charge in [-0.15, -0.1) is 0 Å². The minimum atomic E-state index is -0.544. The predicted octanol–water partition coefficient (Wildman–Crippen LogP) is 3.51. The maximum Gasteiger partial charge on any atom is 0.342 e. The minimum Gasteiger partial charge on any atom is -0.507 e. The molecule has 0 heterocycles. The standard InChI is InChI=1S/C14H11BrO3/c15-11-6-7-13(16)12(8-11)14(17)18-9-10-4-2-1-3-5-10/h1-8,16H,9H2. The summed E-state index contributed by atoms with van der Waals surface area (Å²) >= 11 is 3.24. The zero-order chi connectivity index (χ0) is 13.0. The van der Waals surface area contributed by atoms with Crippen molar-refractivity contribution in [3.05, 3.63) is 64.1 Å². The van der Waals surface area contributed by atoms with Crippen molar-refractivity contribution >= 4 is 21.9 Å². The Hall–Kier alpha value is -1.81. The molecule has 2 aromatic rings. The van der Waals surface area contributed by atoms with Gasteiger partial charge in [-0.25, -0.2) is 4.79 Å². The smallest absolute Gasteiger partial charge is 0.342 e. The summed E-state index contributed by atoms with van der Waals surface area (Å²) in [6.45, 7) is 0.186. The van der Waals surface area contributed by atoms with Crippen molar-refractivity contribution in [3.8, 4) is 5.75 Å². The molecule has 18 heavy (non-hydrogen) atoms. The van der Waals surface area contributed by atoms with Crippen LogP contribution in [0.1, 0.15) is 15.9 Å². The van der Waals surface area contributed by atoms with Gasteiger partial charge in [0.1, 0.15) is 17.9 Å². The second kappa shape index (κ2) is 5.69. The Kier molecular flexibility index (Phi) is 3.99. The maximum absolute atomic E-state index is 11.8. The van der Waals surface area contributed by atoms with Crippen LogP contribution in [0.5, 0.6) is 5.75 Å². The van der Waals surface area contributed by atoms with E-state index >= 15 is 0 Å². The van der Waals surface area contributed by atoms with Gasteiger partial charge >= 0.3 is 5.97 Å². The van der Waals surface area contributed by atoms with E-state index in [1.54, 1.807) is 6.07 Å². The van der Waals surface area contributed by atoms with Crippen molar-refractivity contribution in [3.63, 3.8) is 0 Å². The van der Waals surface area contributed by atoms with Gasteiger partial charge < -0.3 is 9.84 Å². The molecule has 0 aliphatic carbocycles. The molecule has 0 radical (unpaired) electrons. The molecular formula is C14H11BrO3. The predicted molar refractivity (Wildman–Crippen MR) is 71.4 cm³/mol. The number of ether oxygens (including phenoxy) is 1. The van der Waals surface area contributed by atoms with Gasteiger partial charge in [0, 0.05) is 4.47 Å². The van der Waals surface area contributed by atoms with E-state index in [-0.39, 0.29) is 17.9 Å². The zero-order valence-corrected chi connectivity index (χ0v) is 11.1. The fourth-order valence-corrected chi connectivity index (χ4v) is 1.83. The lowest BCUT2D eigenvalue weighted by Crippen LogP contribution is -2.05. The number of aromatic hydroxyl groups is 1. The van der Waals surface area contributed by atoms with Crippen LogP contribution in [0.3, 0.4) is 0 Å². The molecule has 0 aliphatic rings. The van der Waals surface area contributed by atoms with Crippen molar-refractivity contribution in [2.75, 3.05) is 0 Å². The van der Waals surface area contributed by atoms with E-state index in [1.807, 2.05) is 30.3 Å². The molecule has 2 rings (SSSR count). The molecule has 0 spiro atoms. The van der Waals surface area contributed by atoms with Gasteiger partial charge in [-0.2, -0.15) is 0 Å². The SMILES string of the molecule is O=C(OCc1ccccc1)c1cc(Br)ccc1O. The number of benzene rings is 2. The Morgan fingerprint density at radius 2 is 1.89 bits per heavy atom. The summed E-state index contributed by atoms with van der Waals surface area (Å²) in [6, 6.07) is 14.0. The zero-order valence-electron chi connectivity index (χ0n) is 9.47. The molecule has 0 aromatic heterocycles. The molecule has 0 unspecified atom stereocenters. The fourth-order valence-electron chi connectivity index (χ4n) is 1.47. The lowest BCUT2D eigenvalue weighted by atomic mass is 10.2. The number of rotatable bonds is 3. The van der Waals surface area contributed by atoms with Gasteiger partial charge in [-0.05, 0) is 23.8 Å². The number of hydrogen-bond acceptors (Lipinski definition) is 3. The summed E-state index contributed by atoms with van der Waals surface area (Å²) < 4.78 is 5.84. The van der Waals surface area contributed by atoms with E-state index < -0.39 is 5.97 Å². The van der Waals surface area contributed by atoms with Crippen LogP contribution in [-0.4, -0.2) is 11.1 Å². The number of phenols is 1. The molecule has 4 heteroatoms. The average Bonchev–Trinajstić information content (AvgIpc) is 2.40. The summed E-state index contributed by atoms with van der Waals surface area (Å²) in [6.07, 6.45) is 0. The highest BCUT2D eigenvalue weighted by molar-refractivity contribution is 9.10. The van der Waals surface area contributed by atoms with Crippen molar-refractivity contribution in [1.82, 2.24) is 0 Å². The van der Waals surface area contributed by atoms with Gasteiger partial charge in [0.2, 0.25) is 0 Å². The maximum atomic E-state index is 11.8. The van der Waals surface area contributed by atoms with Crippen LogP contribution in [0.25, 0.3) is 0 Å². The quantitative estimate of drug-likeness (QED) is 0.883. The Morgan fingerprint density at radius 3 is 2.61 bits per heavy atom. The molecule has 0 fully saturated rings. The van der Waals surface area contributed by atoms with Crippen LogP contribution in [0, 0.1) is 0 Å². The number of phenolic OH excluding ortho intramolecular Hbond substituents is 1. The first-order valence-electron chi connectivity index (χ1n) is 5.36. The van der Waals surface area contributed by atoms with E-state index in [2.05, 4.69) is 15.9 Å². The van der Waals surface area contributed by atoms with Gasteiger partial charge in [0.05, 0.1) is 0 Å². The molecule has 0 bridgehead atoms. The highest BCUT2D eigenvalue weighted by Crippen LogP contribution is 2.22. The highest BCUT2D eigenvalue weighted by Gasteiger charge is 2.13. The third-order valence-corrected chi connectivity index (χ3v) is 2.88. The first kappa shape index (κ1) is 12.6. The van der Waals surface area contributed by atoms with E-state index in [0.717, 1.165) is 5.56 Å². The molecule has 2 aromatic carbocycles. The van der Waals surface area contributed by atoms with E-state index in [0.29, 0.717) is 4.47 Å². The number of esters is 1. The van der Waals surface area contributed by atoms with Crippen LogP contribution in [0.15, 0.2) is 53.0 Å². The average molecular weight is 307 g/mol. The van der Waals surface area contributed by atoms with Gasteiger partial charge in [0.15, 0.2) is 0 Å².